The molecule has 6 heteroatoms. The molecule has 6 nitrogen and oxygen atoms in total. The van der Waals surface area contributed by atoms with Gasteiger partial charge < -0.3 is 19.5 Å². The van der Waals surface area contributed by atoms with Crippen molar-refractivity contribution in [1.82, 2.24) is 5.32 Å². The number of morpholine rings is 1. The second-order valence-electron chi connectivity index (χ2n) is 14.6. The van der Waals surface area contributed by atoms with Crippen LogP contribution in [0.4, 0.5) is 0 Å². The maximum absolute atomic E-state index is 15.1. The number of fused-ring (bicyclic) bond motifs is 3. The molecule has 40 heavy (non-hydrogen) atoms. The monoisotopic (exact) mass is 543 g/mol. The van der Waals surface area contributed by atoms with Gasteiger partial charge in [0.15, 0.2) is 17.6 Å². The van der Waals surface area contributed by atoms with Gasteiger partial charge in [-0.1, -0.05) is 50.6 Å². The lowest BCUT2D eigenvalue weighted by Crippen LogP contribution is -2.54. The van der Waals surface area contributed by atoms with E-state index in [4.69, 9.17) is 14.2 Å². The molecule has 5 fully saturated rings. The van der Waals surface area contributed by atoms with Gasteiger partial charge in [0, 0.05) is 35.7 Å². The molecule has 12 atom stereocenters. The zero-order valence-electron chi connectivity index (χ0n) is 24.3. The van der Waals surface area contributed by atoms with Gasteiger partial charge in [0.2, 0.25) is 5.60 Å². The smallest absolute Gasteiger partial charge is 0.265 e. The summed E-state index contributed by atoms with van der Waals surface area (Å²) in [5.41, 5.74) is -0.879. The second-order valence-corrected chi connectivity index (χ2v) is 14.6. The summed E-state index contributed by atoms with van der Waals surface area (Å²) in [5.74, 6) is 1.19. The van der Waals surface area contributed by atoms with Crippen LogP contribution in [0, 0.1) is 45.8 Å². The van der Waals surface area contributed by atoms with Gasteiger partial charge in [0.25, 0.3) is 5.91 Å². The van der Waals surface area contributed by atoms with Crippen LogP contribution in [-0.2, 0) is 25.5 Å². The number of hydrogen-bond acceptors (Lipinski definition) is 5. The Morgan fingerprint density at radius 3 is 2.58 bits per heavy atom. The van der Waals surface area contributed by atoms with E-state index in [0.29, 0.717) is 24.9 Å². The third-order valence-electron chi connectivity index (χ3n) is 12.5. The van der Waals surface area contributed by atoms with Gasteiger partial charge in [-0.05, 0) is 74.0 Å². The Morgan fingerprint density at radius 2 is 1.90 bits per heavy atom. The summed E-state index contributed by atoms with van der Waals surface area (Å²) in [4.78, 5) is 29.0. The molecule has 4 aliphatic carbocycles. The van der Waals surface area contributed by atoms with Gasteiger partial charge in [-0.2, -0.15) is 0 Å². The van der Waals surface area contributed by atoms with Crippen LogP contribution in [0.15, 0.2) is 48.6 Å². The molecule has 8 aliphatic rings. The van der Waals surface area contributed by atoms with E-state index in [1.54, 1.807) is 0 Å². The van der Waals surface area contributed by atoms with Crippen molar-refractivity contribution in [2.24, 2.45) is 45.8 Å². The molecule has 1 aromatic carbocycles. The van der Waals surface area contributed by atoms with Crippen molar-refractivity contribution in [2.75, 3.05) is 6.61 Å². The molecule has 2 saturated heterocycles. The Bertz CT molecular complexity index is 1380. The number of ketones is 1. The molecular formula is C34H41NO5. The summed E-state index contributed by atoms with van der Waals surface area (Å²) in [6, 6.07) is 8.25. The van der Waals surface area contributed by atoms with Gasteiger partial charge in [-0.3, -0.25) is 9.59 Å². The van der Waals surface area contributed by atoms with Crippen LogP contribution >= 0.6 is 0 Å². The highest BCUT2D eigenvalue weighted by Gasteiger charge is 2.86. The minimum absolute atomic E-state index is 0.0117. The van der Waals surface area contributed by atoms with E-state index in [0.717, 1.165) is 24.2 Å². The zero-order valence-corrected chi connectivity index (χ0v) is 24.3. The van der Waals surface area contributed by atoms with E-state index >= 15 is 4.79 Å². The molecule has 3 saturated carbocycles. The summed E-state index contributed by atoms with van der Waals surface area (Å²) >= 11 is 0. The standard InChI is InChI=1S/C34H41NO5/c1-7-30(5)15-19(4)24-23-25(30)26(36)34-28(40-34)33(38-8-2,35-29(34)37)16-20-9-11-22(12-10-20)39-27(23)32-17-21(32)13-18(3)14-31(24,32)6/h7,9-12,15,18,21,23-25,27-28H,1,8,13-14,16-17H2,2-6H3,(H,35,37). The summed E-state index contributed by atoms with van der Waals surface area (Å²) < 4.78 is 19.7. The first-order chi connectivity index (χ1) is 19.0. The molecule has 9 rings (SSSR count). The lowest BCUT2D eigenvalue weighted by molar-refractivity contribution is -0.146. The van der Waals surface area contributed by atoms with Crippen molar-refractivity contribution in [3.8, 4) is 5.75 Å². The molecule has 1 amide bonds. The van der Waals surface area contributed by atoms with Crippen molar-refractivity contribution in [3.05, 3.63) is 54.1 Å². The van der Waals surface area contributed by atoms with Crippen molar-refractivity contribution < 1.29 is 23.8 Å². The Morgan fingerprint density at radius 1 is 1.15 bits per heavy atom. The van der Waals surface area contributed by atoms with Crippen molar-refractivity contribution in [1.29, 1.82) is 0 Å². The predicted molar refractivity (Wildman–Crippen MR) is 149 cm³/mol. The molecule has 1 spiro atoms. The predicted octanol–water partition coefficient (Wildman–Crippen LogP) is 5.02. The average Bonchev–Trinajstić information content (AvgIpc) is 3.78. The van der Waals surface area contributed by atoms with Crippen LogP contribution in [0.3, 0.4) is 0 Å². The SMILES string of the molecule is C=CC1(C)C=C(C)C2C3C1C(=O)C14OC1C(OCC)(Cc1ccc(cc1)OC3C13CC1CC(C)CC23C)NC4=O. The normalized spacial score (nSPS) is 52.8. The first-order valence-corrected chi connectivity index (χ1v) is 15.3. The molecule has 1 aromatic rings. The highest BCUT2D eigenvalue weighted by Crippen LogP contribution is 2.83. The third kappa shape index (κ3) is 2.69. The van der Waals surface area contributed by atoms with E-state index in [1.807, 2.05) is 13.0 Å². The van der Waals surface area contributed by atoms with Gasteiger partial charge >= 0.3 is 0 Å². The summed E-state index contributed by atoms with van der Waals surface area (Å²) in [6.07, 6.45) is 7.31. The Balaban J connectivity index is 1.37. The fourth-order valence-electron chi connectivity index (χ4n) is 11.3. The van der Waals surface area contributed by atoms with Crippen molar-refractivity contribution >= 4 is 11.7 Å². The summed E-state index contributed by atoms with van der Waals surface area (Å²) in [5, 5.41) is 3.12. The maximum Gasteiger partial charge on any atom is 0.265 e. The van der Waals surface area contributed by atoms with Crippen LogP contribution in [0.25, 0.3) is 0 Å². The van der Waals surface area contributed by atoms with E-state index in [9.17, 15) is 4.79 Å². The molecule has 0 aromatic heterocycles. The topological polar surface area (TPSA) is 77.2 Å². The van der Waals surface area contributed by atoms with E-state index in [1.165, 1.54) is 12.0 Å². The molecule has 212 valence electrons. The van der Waals surface area contributed by atoms with Gasteiger partial charge in [-0.15, -0.1) is 6.58 Å². The molecular weight excluding hydrogens is 502 g/mol. The zero-order chi connectivity index (χ0) is 28.0. The van der Waals surface area contributed by atoms with Gasteiger partial charge in [0.1, 0.15) is 11.9 Å². The lowest BCUT2D eigenvalue weighted by Gasteiger charge is -2.49. The highest BCUT2D eigenvalue weighted by atomic mass is 16.7. The van der Waals surface area contributed by atoms with Crippen LogP contribution in [0.5, 0.6) is 5.75 Å². The number of amides is 1. The highest BCUT2D eigenvalue weighted by molar-refractivity contribution is 6.16. The number of rotatable bonds is 3. The van der Waals surface area contributed by atoms with Crippen LogP contribution < -0.4 is 10.1 Å². The van der Waals surface area contributed by atoms with Gasteiger partial charge in [0.05, 0.1) is 0 Å². The van der Waals surface area contributed by atoms with E-state index < -0.39 is 28.8 Å². The first kappa shape index (κ1) is 25.3. The number of ether oxygens (including phenoxy) is 3. The number of benzene rings is 1. The fraction of sp³-hybridized carbons (Fsp3) is 0.647. The van der Waals surface area contributed by atoms with Crippen LogP contribution in [-0.4, -0.2) is 41.8 Å². The van der Waals surface area contributed by atoms with Gasteiger partial charge in [-0.25, -0.2) is 0 Å². The molecule has 4 bridgehead atoms. The average molecular weight is 544 g/mol. The summed E-state index contributed by atoms with van der Waals surface area (Å²) in [7, 11) is 0. The largest absolute Gasteiger partial charge is 0.489 e. The Hall–Kier alpha value is -2.44. The van der Waals surface area contributed by atoms with Crippen molar-refractivity contribution in [3.63, 3.8) is 0 Å². The van der Waals surface area contributed by atoms with Crippen LogP contribution in [0.1, 0.15) is 59.4 Å². The second kappa shape index (κ2) is 7.49. The molecule has 0 radical (unpaired) electrons. The van der Waals surface area contributed by atoms with Crippen molar-refractivity contribution in [2.45, 2.75) is 83.8 Å². The first-order valence-electron chi connectivity index (χ1n) is 15.3. The van der Waals surface area contributed by atoms with E-state index in [2.05, 4.69) is 69.9 Å². The minimum atomic E-state index is -1.53. The number of carbonyl (C=O) groups is 2. The Kier molecular flexibility index (Phi) is 4.73. The quantitative estimate of drug-likeness (QED) is 0.329. The number of hydrogen-bond donors (Lipinski definition) is 1. The number of allylic oxidation sites excluding steroid dienone is 3. The number of nitrogens with one attached hydrogen (secondary N) is 1. The summed E-state index contributed by atoms with van der Waals surface area (Å²) in [6.45, 7) is 15.8. The lowest BCUT2D eigenvalue weighted by atomic mass is 9.53. The maximum atomic E-state index is 15.1. The minimum Gasteiger partial charge on any atom is -0.489 e. The number of carbonyl (C=O) groups excluding carboxylic acids is 2. The fourth-order valence-corrected chi connectivity index (χ4v) is 11.3. The van der Waals surface area contributed by atoms with Crippen LogP contribution in [0.2, 0.25) is 0 Å². The Labute approximate surface area is 236 Å². The number of Topliss-reactive ketones (excluding diaryl/α,β-unsaturated/α-hetero) is 1. The molecule has 4 aliphatic heterocycles. The molecule has 4 heterocycles. The molecule has 12 unspecified atom stereocenters. The third-order valence-corrected chi connectivity index (χ3v) is 12.5. The van der Waals surface area contributed by atoms with E-state index in [-0.39, 0.29) is 40.5 Å². The number of epoxide rings is 1. The molecule has 1 N–H and O–H groups in total.